The Labute approximate surface area is 151 Å². The summed E-state index contributed by atoms with van der Waals surface area (Å²) in [5.74, 6) is 0.0292. The van der Waals surface area contributed by atoms with Gasteiger partial charge in [0.2, 0.25) is 5.91 Å². The fraction of sp³-hybridized carbons (Fsp3) is 0.190. The zero-order chi connectivity index (χ0) is 17.9. The van der Waals surface area contributed by atoms with Crippen molar-refractivity contribution in [3.8, 4) is 0 Å². The number of aromatic nitrogens is 1. The number of amides is 2. The van der Waals surface area contributed by atoms with Crippen LogP contribution in [0.5, 0.6) is 0 Å². The van der Waals surface area contributed by atoms with Crippen molar-refractivity contribution in [1.29, 1.82) is 0 Å². The minimum atomic E-state index is -0.175. The lowest BCUT2D eigenvalue weighted by atomic mass is 10.1. The van der Waals surface area contributed by atoms with Crippen LogP contribution in [0.2, 0.25) is 0 Å². The molecular weight excluding hydrogens is 326 g/mol. The van der Waals surface area contributed by atoms with Crippen molar-refractivity contribution < 1.29 is 9.59 Å². The molecule has 26 heavy (non-hydrogen) atoms. The lowest BCUT2D eigenvalue weighted by molar-refractivity contribution is -0.128. The van der Waals surface area contributed by atoms with Crippen molar-refractivity contribution in [1.82, 2.24) is 9.88 Å². The Hall–Kier alpha value is -3.21. The Morgan fingerprint density at radius 3 is 2.69 bits per heavy atom. The maximum absolute atomic E-state index is 12.5. The minimum absolute atomic E-state index is 0.175. The van der Waals surface area contributed by atoms with E-state index in [9.17, 15) is 9.59 Å². The average Bonchev–Trinajstić information content (AvgIpc) is 3.07. The highest BCUT2D eigenvalue weighted by Gasteiger charge is 2.20. The first-order valence-electron chi connectivity index (χ1n) is 8.72. The van der Waals surface area contributed by atoms with Crippen molar-refractivity contribution in [3.63, 3.8) is 0 Å². The van der Waals surface area contributed by atoms with Crippen LogP contribution in [0.1, 0.15) is 28.8 Å². The zero-order valence-corrected chi connectivity index (χ0v) is 14.3. The molecule has 0 saturated carbocycles. The molecule has 3 aromatic rings. The molecule has 1 aliphatic heterocycles. The third kappa shape index (κ3) is 3.42. The van der Waals surface area contributed by atoms with E-state index in [2.05, 4.69) is 10.3 Å². The summed E-state index contributed by atoms with van der Waals surface area (Å²) in [6.07, 6.45) is 3.23. The first-order chi connectivity index (χ1) is 12.7. The summed E-state index contributed by atoms with van der Waals surface area (Å²) >= 11 is 0. The van der Waals surface area contributed by atoms with Gasteiger partial charge in [0.25, 0.3) is 5.91 Å². The highest BCUT2D eigenvalue weighted by Crippen LogP contribution is 2.18. The number of nitrogens with one attached hydrogen (secondary N) is 1. The highest BCUT2D eigenvalue weighted by atomic mass is 16.2. The van der Waals surface area contributed by atoms with Crippen molar-refractivity contribution in [2.45, 2.75) is 19.4 Å². The lowest BCUT2D eigenvalue weighted by Crippen LogP contribution is -2.23. The van der Waals surface area contributed by atoms with Gasteiger partial charge in [0, 0.05) is 30.5 Å². The fourth-order valence-corrected chi connectivity index (χ4v) is 3.20. The Bertz CT molecular complexity index is 966. The molecule has 0 bridgehead atoms. The summed E-state index contributed by atoms with van der Waals surface area (Å²) in [7, 11) is 0. The number of rotatable bonds is 4. The zero-order valence-electron chi connectivity index (χ0n) is 14.3. The number of anilines is 1. The Balaban J connectivity index is 1.44. The van der Waals surface area contributed by atoms with Crippen LogP contribution in [0.3, 0.4) is 0 Å². The van der Waals surface area contributed by atoms with Gasteiger partial charge >= 0.3 is 0 Å². The first kappa shape index (κ1) is 16.3. The van der Waals surface area contributed by atoms with Crippen LogP contribution in [-0.4, -0.2) is 28.2 Å². The predicted octanol–water partition coefficient (Wildman–Crippen LogP) is 3.61. The number of hydrogen-bond acceptors (Lipinski definition) is 3. The number of likely N-dealkylation sites (tertiary alicyclic amines) is 1. The molecule has 1 aliphatic rings. The molecule has 2 heterocycles. The number of nitrogens with zero attached hydrogens (tertiary/aromatic N) is 2. The molecule has 130 valence electrons. The molecule has 0 radical (unpaired) electrons. The van der Waals surface area contributed by atoms with Gasteiger partial charge in [-0.3, -0.25) is 14.6 Å². The Morgan fingerprint density at radius 2 is 1.92 bits per heavy atom. The third-order valence-corrected chi connectivity index (χ3v) is 4.61. The quantitative estimate of drug-likeness (QED) is 0.786. The van der Waals surface area contributed by atoms with E-state index in [0.29, 0.717) is 24.2 Å². The molecule has 2 aromatic carbocycles. The van der Waals surface area contributed by atoms with Crippen LogP contribution in [0.4, 0.5) is 5.69 Å². The van der Waals surface area contributed by atoms with E-state index >= 15 is 0 Å². The second kappa shape index (κ2) is 6.96. The van der Waals surface area contributed by atoms with E-state index in [1.165, 1.54) is 0 Å². The van der Waals surface area contributed by atoms with Gasteiger partial charge in [-0.15, -0.1) is 0 Å². The summed E-state index contributed by atoms with van der Waals surface area (Å²) in [4.78, 5) is 30.4. The molecule has 0 unspecified atom stereocenters. The van der Waals surface area contributed by atoms with E-state index in [-0.39, 0.29) is 11.8 Å². The van der Waals surface area contributed by atoms with Gasteiger partial charge in [0.1, 0.15) is 0 Å². The number of hydrogen-bond donors (Lipinski definition) is 1. The largest absolute Gasteiger partial charge is 0.338 e. The summed E-state index contributed by atoms with van der Waals surface area (Å²) in [5, 5.41) is 3.87. The van der Waals surface area contributed by atoms with Gasteiger partial charge in [-0.1, -0.05) is 30.3 Å². The van der Waals surface area contributed by atoms with Gasteiger partial charge in [-0.2, -0.15) is 0 Å². The van der Waals surface area contributed by atoms with Crippen molar-refractivity contribution >= 4 is 28.4 Å². The summed E-state index contributed by atoms with van der Waals surface area (Å²) < 4.78 is 0. The maximum atomic E-state index is 12.5. The normalized spacial score (nSPS) is 14.0. The molecule has 1 N–H and O–H groups in total. The van der Waals surface area contributed by atoms with Gasteiger partial charge < -0.3 is 10.2 Å². The van der Waals surface area contributed by atoms with Gasteiger partial charge in [0.05, 0.1) is 17.4 Å². The molecule has 5 heteroatoms. The smallest absolute Gasteiger partial charge is 0.255 e. The number of fused-ring (bicyclic) bond motifs is 1. The molecular formula is C21H19N3O2. The summed E-state index contributed by atoms with van der Waals surface area (Å²) in [6, 6.07) is 17.1. The van der Waals surface area contributed by atoms with E-state index in [0.717, 1.165) is 29.4 Å². The third-order valence-electron chi connectivity index (χ3n) is 4.61. The SMILES string of the molecule is O=C(Nc1cnc2ccccc2c1)c1ccc(CN2CCCC2=O)cc1. The van der Waals surface area contributed by atoms with Crippen molar-refractivity contribution in [2.75, 3.05) is 11.9 Å². The number of pyridine rings is 1. The van der Waals surface area contributed by atoms with Crippen LogP contribution in [0, 0.1) is 0 Å². The van der Waals surface area contributed by atoms with Crippen molar-refractivity contribution in [2.24, 2.45) is 0 Å². The van der Waals surface area contributed by atoms with Gasteiger partial charge in [0.15, 0.2) is 0 Å². The first-order valence-corrected chi connectivity index (χ1v) is 8.72. The van der Waals surface area contributed by atoms with Crippen LogP contribution < -0.4 is 5.32 Å². The molecule has 4 rings (SSSR count). The van der Waals surface area contributed by atoms with Crippen LogP contribution in [0.25, 0.3) is 10.9 Å². The second-order valence-electron chi connectivity index (χ2n) is 6.49. The number of carbonyl (C=O) groups is 2. The second-order valence-corrected chi connectivity index (χ2v) is 6.49. The summed E-state index contributed by atoms with van der Waals surface area (Å²) in [6.45, 7) is 1.42. The van der Waals surface area contributed by atoms with Crippen molar-refractivity contribution in [3.05, 3.63) is 71.9 Å². The molecule has 5 nitrogen and oxygen atoms in total. The van der Waals surface area contributed by atoms with Crippen LogP contribution in [0.15, 0.2) is 60.8 Å². The van der Waals surface area contributed by atoms with Crippen LogP contribution >= 0.6 is 0 Å². The van der Waals surface area contributed by atoms with Crippen LogP contribution in [-0.2, 0) is 11.3 Å². The van der Waals surface area contributed by atoms with Gasteiger partial charge in [-0.25, -0.2) is 0 Å². The lowest BCUT2D eigenvalue weighted by Gasteiger charge is -2.15. The molecule has 1 aromatic heterocycles. The molecule has 1 saturated heterocycles. The number of benzene rings is 2. The predicted molar refractivity (Wildman–Crippen MR) is 101 cm³/mol. The molecule has 0 atom stereocenters. The number of carbonyl (C=O) groups excluding carboxylic acids is 2. The standard InChI is InChI=1S/C21H19N3O2/c25-20-6-3-11-24(20)14-15-7-9-16(10-8-15)21(26)23-18-12-17-4-1-2-5-19(17)22-13-18/h1-2,4-5,7-10,12-13H,3,6,11,14H2,(H,23,26). The Kier molecular flexibility index (Phi) is 4.35. The molecule has 2 amide bonds. The monoisotopic (exact) mass is 345 g/mol. The fourth-order valence-electron chi connectivity index (χ4n) is 3.20. The average molecular weight is 345 g/mol. The molecule has 1 fully saturated rings. The highest BCUT2D eigenvalue weighted by molar-refractivity contribution is 6.04. The van der Waals surface area contributed by atoms with E-state index in [4.69, 9.17) is 0 Å². The van der Waals surface area contributed by atoms with Gasteiger partial charge in [-0.05, 0) is 36.2 Å². The topological polar surface area (TPSA) is 62.3 Å². The summed E-state index contributed by atoms with van der Waals surface area (Å²) in [5.41, 5.74) is 3.17. The Morgan fingerprint density at radius 1 is 1.12 bits per heavy atom. The van der Waals surface area contributed by atoms with E-state index < -0.39 is 0 Å². The van der Waals surface area contributed by atoms with E-state index in [1.807, 2.05) is 47.4 Å². The number of para-hydroxylation sites is 1. The maximum Gasteiger partial charge on any atom is 0.255 e. The minimum Gasteiger partial charge on any atom is -0.338 e. The molecule has 0 spiro atoms. The molecule has 0 aliphatic carbocycles. The van der Waals surface area contributed by atoms with E-state index in [1.54, 1.807) is 18.3 Å².